The molecule has 7 nitrogen and oxygen atoms in total. The van der Waals surface area contributed by atoms with Gasteiger partial charge in [0, 0.05) is 4.88 Å². The molecule has 0 aromatic carbocycles. The largest absolute Gasteiger partial charge is 0.467 e. The van der Waals surface area contributed by atoms with Crippen LogP contribution in [-0.4, -0.2) is 40.7 Å². The Labute approximate surface area is 166 Å². The second-order valence-corrected chi connectivity index (χ2v) is 8.61. The molecule has 2 aromatic rings. The predicted octanol–water partition coefficient (Wildman–Crippen LogP) is 2.54. The van der Waals surface area contributed by atoms with Gasteiger partial charge in [-0.3, -0.25) is 9.59 Å². The lowest BCUT2D eigenvalue weighted by molar-refractivity contribution is -0.146. The number of aromatic nitrogens is 2. The van der Waals surface area contributed by atoms with Crippen molar-refractivity contribution in [1.82, 2.24) is 15.3 Å². The number of esters is 1. The summed E-state index contributed by atoms with van der Waals surface area (Å²) in [5, 5.41) is 3.37. The monoisotopic (exact) mass is 411 g/mol. The van der Waals surface area contributed by atoms with E-state index < -0.39 is 12.0 Å². The first-order valence-corrected chi connectivity index (χ1v) is 10.7. The zero-order chi connectivity index (χ0) is 20.1. The van der Waals surface area contributed by atoms with Gasteiger partial charge in [-0.1, -0.05) is 20.3 Å². The van der Waals surface area contributed by atoms with E-state index in [9.17, 15) is 14.4 Å². The van der Waals surface area contributed by atoms with Gasteiger partial charge in [-0.25, -0.2) is 9.78 Å². The van der Waals surface area contributed by atoms with Gasteiger partial charge < -0.3 is 15.0 Å². The van der Waals surface area contributed by atoms with E-state index in [1.54, 1.807) is 0 Å². The highest BCUT2D eigenvalue weighted by molar-refractivity contribution is 7.99. The highest BCUT2D eigenvalue weighted by atomic mass is 32.2. The average molecular weight is 412 g/mol. The molecule has 0 saturated carbocycles. The topological polar surface area (TPSA) is 101 Å². The van der Waals surface area contributed by atoms with Crippen LogP contribution < -0.4 is 10.9 Å². The summed E-state index contributed by atoms with van der Waals surface area (Å²) in [6, 6.07) is -0.653. The number of ether oxygens (including phenoxy) is 1. The third-order valence-electron chi connectivity index (χ3n) is 4.54. The summed E-state index contributed by atoms with van der Waals surface area (Å²) in [4.78, 5) is 45.4. The number of aromatic amines is 1. The number of amides is 1. The minimum atomic E-state index is -0.653. The molecule has 0 bridgehead atoms. The number of rotatable bonds is 8. The molecule has 0 aliphatic rings. The fraction of sp³-hybridized carbons (Fsp3) is 0.556. The van der Waals surface area contributed by atoms with Crippen LogP contribution in [0.15, 0.2) is 4.79 Å². The number of carbonyl (C=O) groups is 2. The fourth-order valence-corrected chi connectivity index (χ4v) is 4.37. The molecule has 0 fully saturated rings. The van der Waals surface area contributed by atoms with Crippen molar-refractivity contribution in [2.75, 3.05) is 12.9 Å². The standard InChI is InChI=1S/C18H25N3O4S2/c1-6-9(2)15(18(24)25-5)21-13(22)8-26-7-12-19-16(23)14-10(3)11(4)27-17(14)20-12/h9,15H,6-8H2,1-5H3,(H,21,22)(H,19,20,23)/t9-,15+/m0/s1. The van der Waals surface area contributed by atoms with Crippen LogP contribution in [0.25, 0.3) is 10.2 Å². The molecule has 27 heavy (non-hydrogen) atoms. The van der Waals surface area contributed by atoms with Gasteiger partial charge in [-0.05, 0) is 25.3 Å². The number of thioether (sulfide) groups is 1. The van der Waals surface area contributed by atoms with Crippen LogP contribution in [0.2, 0.25) is 0 Å². The van der Waals surface area contributed by atoms with Crippen LogP contribution >= 0.6 is 23.1 Å². The van der Waals surface area contributed by atoms with E-state index in [1.807, 2.05) is 27.7 Å². The average Bonchev–Trinajstić information content (AvgIpc) is 2.92. The smallest absolute Gasteiger partial charge is 0.328 e. The number of carbonyl (C=O) groups excluding carboxylic acids is 2. The van der Waals surface area contributed by atoms with Crippen LogP contribution in [0, 0.1) is 19.8 Å². The lowest BCUT2D eigenvalue weighted by Crippen LogP contribution is -2.46. The minimum Gasteiger partial charge on any atom is -0.467 e. The minimum absolute atomic E-state index is 0.0165. The molecule has 148 valence electrons. The van der Waals surface area contributed by atoms with Crippen molar-refractivity contribution in [2.45, 2.75) is 45.9 Å². The zero-order valence-corrected chi connectivity index (χ0v) is 17.8. The van der Waals surface area contributed by atoms with E-state index in [0.717, 1.165) is 21.7 Å². The van der Waals surface area contributed by atoms with Crippen LogP contribution in [0.1, 0.15) is 36.5 Å². The Bertz CT molecular complexity index is 891. The van der Waals surface area contributed by atoms with Crippen LogP contribution in [0.5, 0.6) is 0 Å². The SMILES string of the molecule is CC[C@H](C)[C@@H](NC(=O)CSCc1nc2sc(C)c(C)c2c(=O)[nH]1)C(=O)OC. The number of H-pyrrole nitrogens is 1. The number of nitrogens with one attached hydrogen (secondary N) is 2. The van der Waals surface area contributed by atoms with Crippen molar-refractivity contribution in [2.24, 2.45) is 5.92 Å². The number of fused-ring (bicyclic) bond motifs is 1. The lowest BCUT2D eigenvalue weighted by atomic mass is 9.99. The molecule has 0 saturated heterocycles. The van der Waals surface area contributed by atoms with Crippen molar-refractivity contribution in [3.8, 4) is 0 Å². The Balaban J connectivity index is 1.97. The second-order valence-electron chi connectivity index (χ2n) is 6.42. The van der Waals surface area contributed by atoms with Gasteiger partial charge in [0.2, 0.25) is 5.91 Å². The maximum Gasteiger partial charge on any atom is 0.328 e. The molecular weight excluding hydrogens is 386 g/mol. The first-order valence-electron chi connectivity index (χ1n) is 8.72. The summed E-state index contributed by atoms with van der Waals surface area (Å²) in [7, 11) is 1.31. The van der Waals surface area contributed by atoms with Crippen molar-refractivity contribution in [3.63, 3.8) is 0 Å². The Hall–Kier alpha value is -1.87. The zero-order valence-electron chi connectivity index (χ0n) is 16.2. The summed E-state index contributed by atoms with van der Waals surface area (Å²) in [5.74, 6) is 0.397. The molecule has 2 rings (SSSR count). The maximum atomic E-state index is 12.3. The first-order chi connectivity index (χ1) is 12.8. The molecule has 2 aromatic heterocycles. The number of methoxy groups -OCH3 is 1. The fourth-order valence-electron chi connectivity index (χ4n) is 2.62. The summed E-state index contributed by atoms with van der Waals surface area (Å²) in [6.07, 6.45) is 0.748. The van der Waals surface area contributed by atoms with E-state index in [2.05, 4.69) is 15.3 Å². The number of hydrogen-bond donors (Lipinski definition) is 2. The molecule has 0 unspecified atom stereocenters. The van der Waals surface area contributed by atoms with Gasteiger partial charge in [-0.2, -0.15) is 0 Å². The molecular formula is C18H25N3O4S2. The third kappa shape index (κ3) is 5.10. The molecule has 0 radical (unpaired) electrons. The molecule has 2 atom stereocenters. The predicted molar refractivity (Wildman–Crippen MR) is 109 cm³/mol. The van der Waals surface area contributed by atoms with Gasteiger partial charge in [0.25, 0.3) is 5.56 Å². The Morgan fingerprint density at radius 1 is 1.37 bits per heavy atom. The second kappa shape index (κ2) is 9.36. The lowest BCUT2D eigenvalue weighted by Gasteiger charge is -2.21. The van der Waals surface area contributed by atoms with E-state index >= 15 is 0 Å². The Morgan fingerprint density at radius 3 is 2.70 bits per heavy atom. The summed E-state index contributed by atoms with van der Waals surface area (Å²) >= 11 is 2.83. The van der Waals surface area contributed by atoms with Gasteiger partial charge >= 0.3 is 5.97 Å². The summed E-state index contributed by atoms with van der Waals surface area (Å²) in [5.41, 5.74) is 0.811. The highest BCUT2D eigenvalue weighted by Crippen LogP contribution is 2.26. The van der Waals surface area contributed by atoms with Gasteiger partial charge in [-0.15, -0.1) is 23.1 Å². The van der Waals surface area contributed by atoms with E-state index in [1.165, 1.54) is 30.2 Å². The molecule has 2 N–H and O–H groups in total. The normalized spacial score (nSPS) is 13.4. The van der Waals surface area contributed by atoms with Gasteiger partial charge in [0.15, 0.2) is 0 Å². The van der Waals surface area contributed by atoms with E-state index in [0.29, 0.717) is 17.0 Å². The number of nitrogens with zero attached hydrogens (tertiary/aromatic N) is 1. The van der Waals surface area contributed by atoms with Crippen LogP contribution in [0.3, 0.4) is 0 Å². The quantitative estimate of drug-likeness (QED) is 0.648. The highest BCUT2D eigenvalue weighted by Gasteiger charge is 2.26. The van der Waals surface area contributed by atoms with E-state index in [-0.39, 0.29) is 23.1 Å². The number of hydrogen-bond acceptors (Lipinski definition) is 7. The van der Waals surface area contributed by atoms with Crippen molar-refractivity contribution in [3.05, 3.63) is 26.6 Å². The molecule has 9 heteroatoms. The summed E-state index contributed by atoms with van der Waals surface area (Å²) in [6.45, 7) is 7.73. The number of aryl methyl sites for hydroxylation is 2. The van der Waals surface area contributed by atoms with E-state index in [4.69, 9.17) is 4.74 Å². The van der Waals surface area contributed by atoms with Gasteiger partial charge in [0.1, 0.15) is 16.7 Å². The molecule has 0 aliphatic heterocycles. The Kier molecular flexibility index (Phi) is 7.43. The Morgan fingerprint density at radius 2 is 2.07 bits per heavy atom. The summed E-state index contributed by atoms with van der Waals surface area (Å²) < 4.78 is 4.77. The van der Waals surface area contributed by atoms with Gasteiger partial charge in [0.05, 0.1) is 24.0 Å². The molecule has 0 aliphatic carbocycles. The van der Waals surface area contributed by atoms with Crippen molar-refractivity contribution < 1.29 is 14.3 Å². The van der Waals surface area contributed by atoms with Crippen LogP contribution in [0.4, 0.5) is 0 Å². The molecule has 2 heterocycles. The first kappa shape index (κ1) is 21.4. The molecule has 1 amide bonds. The molecule has 0 spiro atoms. The maximum absolute atomic E-state index is 12.3. The van der Waals surface area contributed by atoms with Crippen molar-refractivity contribution in [1.29, 1.82) is 0 Å². The third-order valence-corrected chi connectivity index (χ3v) is 6.59. The van der Waals surface area contributed by atoms with Crippen LogP contribution in [-0.2, 0) is 20.1 Å². The van der Waals surface area contributed by atoms with Crippen molar-refractivity contribution >= 4 is 45.2 Å². The number of thiophene rings is 1.